The third kappa shape index (κ3) is 3.66. The lowest BCUT2D eigenvalue weighted by molar-refractivity contribution is 1.18. The molecule has 6 aromatic carbocycles. The van der Waals surface area contributed by atoms with E-state index in [0.717, 1.165) is 22.5 Å². The fraction of sp³-hybridized carbons (Fsp3) is 0. The summed E-state index contributed by atoms with van der Waals surface area (Å²) >= 11 is 0. The van der Waals surface area contributed by atoms with Crippen molar-refractivity contribution in [2.24, 2.45) is 0 Å². The van der Waals surface area contributed by atoms with Crippen molar-refractivity contribution in [3.05, 3.63) is 158 Å². The van der Waals surface area contributed by atoms with Gasteiger partial charge < -0.3 is 9.13 Å². The molecule has 42 heavy (non-hydrogen) atoms. The molecule has 0 aliphatic heterocycles. The van der Waals surface area contributed by atoms with Crippen molar-refractivity contribution in [2.45, 2.75) is 0 Å². The Morgan fingerprint density at radius 3 is 1.17 bits per heavy atom. The average molecular weight is 537 g/mol. The van der Waals surface area contributed by atoms with Crippen LogP contribution < -0.4 is 0 Å². The van der Waals surface area contributed by atoms with Gasteiger partial charge >= 0.3 is 0 Å². The summed E-state index contributed by atoms with van der Waals surface area (Å²) in [4.78, 5) is 0. The zero-order chi connectivity index (χ0) is 28.2. The summed E-state index contributed by atoms with van der Waals surface area (Å²) in [5, 5.41) is 4.99. The van der Waals surface area contributed by atoms with Crippen LogP contribution in [0.5, 0.6) is 0 Å². The summed E-state index contributed by atoms with van der Waals surface area (Å²) in [5.41, 5.74) is 11.8. The first-order chi connectivity index (χ1) is 20.7. The summed E-state index contributed by atoms with van der Waals surface area (Å²) in [5.74, 6) is 0. The molecule has 0 aliphatic rings. The average Bonchev–Trinajstić information content (AvgIpc) is 3.57. The predicted molar refractivity (Wildman–Crippen MR) is 181 cm³/mol. The molecule has 0 radical (unpaired) electrons. The Morgan fingerprint density at radius 2 is 0.762 bits per heavy atom. The molecule has 198 valence electrons. The lowest BCUT2D eigenvalue weighted by Gasteiger charge is -2.11. The fourth-order valence-electron chi connectivity index (χ4n) is 6.40. The largest absolute Gasteiger partial charge is 0.309 e. The van der Waals surface area contributed by atoms with Gasteiger partial charge in [0.05, 0.1) is 22.1 Å². The Labute approximate surface area is 244 Å². The van der Waals surface area contributed by atoms with E-state index in [9.17, 15) is 0 Å². The molecule has 0 fully saturated rings. The number of hydrogen-bond acceptors (Lipinski definition) is 0. The molecule has 2 heterocycles. The molecule has 2 heteroatoms. The monoisotopic (exact) mass is 536 g/mol. The zero-order valence-electron chi connectivity index (χ0n) is 23.2. The molecule has 0 atom stereocenters. The van der Waals surface area contributed by atoms with Crippen molar-refractivity contribution >= 4 is 55.8 Å². The van der Waals surface area contributed by atoms with Gasteiger partial charge in [-0.15, -0.1) is 0 Å². The normalized spacial score (nSPS) is 11.5. The maximum Gasteiger partial charge on any atom is 0.0541 e. The zero-order valence-corrected chi connectivity index (χ0v) is 23.2. The van der Waals surface area contributed by atoms with Crippen LogP contribution in [0.2, 0.25) is 0 Å². The van der Waals surface area contributed by atoms with Crippen LogP contribution in [0.25, 0.3) is 78.3 Å². The van der Waals surface area contributed by atoms with Crippen LogP contribution >= 0.6 is 0 Å². The topological polar surface area (TPSA) is 9.86 Å². The number of benzene rings is 6. The summed E-state index contributed by atoms with van der Waals surface area (Å²) in [6.07, 6.45) is 3.82. The minimum Gasteiger partial charge on any atom is -0.309 e. The molecule has 2 nitrogen and oxygen atoms in total. The molecule has 0 spiro atoms. The third-order valence-electron chi connectivity index (χ3n) is 8.45. The van der Waals surface area contributed by atoms with Gasteiger partial charge in [0.25, 0.3) is 0 Å². The molecule has 0 saturated heterocycles. The molecular formula is C40H28N2. The highest BCUT2D eigenvalue weighted by molar-refractivity contribution is 6.11. The fourth-order valence-corrected chi connectivity index (χ4v) is 6.40. The molecule has 0 unspecified atom stereocenters. The maximum atomic E-state index is 3.96. The van der Waals surface area contributed by atoms with Gasteiger partial charge in [0.2, 0.25) is 0 Å². The van der Waals surface area contributed by atoms with Gasteiger partial charge in [0, 0.05) is 32.9 Å². The number of aromatic nitrogens is 2. The molecule has 0 amide bonds. The molecule has 0 bridgehead atoms. The van der Waals surface area contributed by atoms with E-state index in [-0.39, 0.29) is 0 Å². The highest BCUT2D eigenvalue weighted by Crippen LogP contribution is 2.35. The van der Waals surface area contributed by atoms with E-state index >= 15 is 0 Å². The Balaban J connectivity index is 1.19. The number of fused-ring (bicyclic) bond motifs is 6. The van der Waals surface area contributed by atoms with Gasteiger partial charge in [-0.2, -0.15) is 0 Å². The quantitative estimate of drug-likeness (QED) is 0.207. The van der Waals surface area contributed by atoms with Gasteiger partial charge in [-0.1, -0.05) is 98.1 Å². The second kappa shape index (κ2) is 9.50. The van der Waals surface area contributed by atoms with E-state index in [0.29, 0.717) is 0 Å². The summed E-state index contributed by atoms with van der Waals surface area (Å²) in [6.45, 7) is 7.93. The van der Waals surface area contributed by atoms with Gasteiger partial charge in [0.15, 0.2) is 0 Å². The highest BCUT2D eigenvalue weighted by atomic mass is 15.0. The Hall–Kier alpha value is -5.60. The van der Waals surface area contributed by atoms with E-state index in [1.54, 1.807) is 0 Å². The van der Waals surface area contributed by atoms with Crippen molar-refractivity contribution in [1.82, 2.24) is 9.13 Å². The highest BCUT2D eigenvalue weighted by Gasteiger charge is 2.14. The lowest BCUT2D eigenvalue weighted by atomic mass is 10.0. The Bertz CT molecular complexity index is 2140. The van der Waals surface area contributed by atoms with E-state index < -0.39 is 0 Å². The molecule has 0 N–H and O–H groups in total. The van der Waals surface area contributed by atoms with Crippen LogP contribution in [0.15, 0.2) is 147 Å². The summed E-state index contributed by atoms with van der Waals surface area (Å²) in [6, 6.07) is 48.1. The standard InChI is InChI=1S/C40H28N2/c1-3-27-13-23-39-35(25-27)33-9-5-7-11-37(33)41(39)31-19-15-29(16-20-31)30-17-21-32(22-18-30)42-38-12-8-6-10-34(38)36-26-28(4-2)14-24-40(36)42/h3-26H,1-2H2. The third-order valence-corrected chi connectivity index (χ3v) is 8.45. The smallest absolute Gasteiger partial charge is 0.0541 e. The SMILES string of the molecule is C=Cc1ccc2c(c1)c1ccccc1n2-c1ccc(-c2ccc(-n3c4ccccc4c4cc(C=C)ccc43)cc2)cc1. The molecular weight excluding hydrogens is 508 g/mol. The van der Waals surface area contributed by atoms with E-state index in [1.165, 1.54) is 54.7 Å². The molecule has 0 saturated carbocycles. The first-order valence-corrected chi connectivity index (χ1v) is 14.3. The van der Waals surface area contributed by atoms with Crippen molar-refractivity contribution in [3.63, 3.8) is 0 Å². The van der Waals surface area contributed by atoms with Gasteiger partial charge in [-0.3, -0.25) is 0 Å². The summed E-state index contributed by atoms with van der Waals surface area (Å²) < 4.78 is 4.70. The van der Waals surface area contributed by atoms with Crippen molar-refractivity contribution in [1.29, 1.82) is 0 Å². The van der Waals surface area contributed by atoms with Crippen molar-refractivity contribution in [2.75, 3.05) is 0 Å². The van der Waals surface area contributed by atoms with E-state index in [4.69, 9.17) is 0 Å². The molecule has 8 aromatic rings. The van der Waals surface area contributed by atoms with Crippen LogP contribution in [0.4, 0.5) is 0 Å². The molecule has 8 rings (SSSR count). The van der Waals surface area contributed by atoms with Crippen LogP contribution in [0.3, 0.4) is 0 Å². The predicted octanol–water partition coefficient (Wildman–Crippen LogP) is 10.8. The van der Waals surface area contributed by atoms with Crippen LogP contribution in [0.1, 0.15) is 11.1 Å². The first-order valence-electron chi connectivity index (χ1n) is 14.3. The lowest BCUT2D eigenvalue weighted by Crippen LogP contribution is -1.94. The van der Waals surface area contributed by atoms with Crippen molar-refractivity contribution in [3.8, 4) is 22.5 Å². The van der Waals surface area contributed by atoms with E-state index in [1.807, 2.05) is 12.2 Å². The number of nitrogens with zero attached hydrogens (tertiary/aromatic N) is 2. The van der Waals surface area contributed by atoms with Crippen molar-refractivity contribution < 1.29 is 0 Å². The van der Waals surface area contributed by atoms with Gasteiger partial charge in [0.1, 0.15) is 0 Å². The van der Waals surface area contributed by atoms with Gasteiger partial charge in [-0.25, -0.2) is 0 Å². The Kier molecular flexibility index (Phi) is 5.48. The van der Waals surface area contributed by atoms with E-state index in [2.05, 4.69) is 156 Å². The van der Waals surface area contributed by atoms with Crippen LogP contribution in [0, 0.1) is 0 Å². The second-order valence-electron chi connectivity index (χ2n) is 10.8. The molecule has 0 aliphatic carbocycles. The second-order valence-corrected chi connectivity index (χ2v) is 10.8. The van der Waals surface area contributed by atoms with Crippen LogP contribution in [-0.4, -0.2) is 9.13 Å². The van der Waals surface area contributed by atoms with Crippen LogP contribution in [-0.2, 0) is 0 Å². The van der Waals surface area contributed by atoms with Gasteiger partial charge in [-0.05, 0) is 82.9 Å². The maximum absolute atomic E-state index is 3.96. The number of rotatable bonds is 5. The minimum atomic E-state index is 1.13. The first kappa shape index (κ1) is 24.2. The minimum absolute atomic E-state index is 1.13. The summed E-state index contributed by atoms with van der Waals surface area (Å²) in [7, 11) is 0. The number of hydrogen-bond donors (Lipinski definition) is 0. The Morgan fingerprint density at radius 1 is 0.381 bits per heavy atom. The number of para-hydroxylation sites is 2. The molecule has 2 aromatic heterocycles.